The maximum absolute atomic E-state index is 12.3. The fraction of sp³-hybridized carbons (Fsp3) is 0.294. The second-order valence-electron chi connectivity index (χ2n) is 11.8. The number of carbonyl (C=O) groups excluding carboxylic acids is 1. The maximum Gasteiger partial charge on any atom is 0.410 e. The summed E-state index contributed by atoms with van der Waals surface area (Å²) in [5.74, 6) is -0.768. The number of amides is 1. The van der Waals surface area contributed by atoms with Crippen LogP contribution in [0.15, 0.2) is 66.2 Å². The number of likely N-dealkylation sites (tertiary alicyclic amines) is 1. The van der Waals surface area contributed by atoms with Crippen molar-refractivity contribution in [2.45, 2.75) is 46.1 Å². The molecule has 1 aliphatic heterocycles. The highest BCUT2D eigenvalue weighted by molar-refractivity contribution is 6.36. The lowest BCUT2D eigenvalue weighted by Gasteiger charge is -2.35. The first kappa shape index (κ1) is 29.0. The van der Waals surface area contributed by atoms with Crippen LogP contribution in [0, 0.1) is 5.92 Å². The van der Waals surface area contributed by atoms with Crippen LogP contribution in [0.4, 0.5) is 4.79 Å². The fourth-order valence-corrected chi connectivity index (χ4v) is 5.99. The number of ether oxygens (including phenoxy) is 1. The molecule has 41 heavy (non-hydrogen) atoms. The molecule has 1 atom stereocenters. The van der Waals surface area contributed by atoms with Crippen molar-refractivity contribution < 1.29 is 19.4 Å². The highest BCUT2D eigenvalue weighted by Crippen LogP contribution is 2.45. The second kappa shape index (κ2) is 11.4. The number of aromatic carboxylic acids is 1. The van der Waals surface area contributed by atoms with Gasteiger partial charge >= 0.3 is 12.1 Å². The van der Waals surface area contributed by atoms with E-state index in [2.05, 4.69) is 37.3 Å². The van der Waals surface area contributed by atoms with E-state index in [1.807, 2.05) is 39.0 Å². The Bertz CT molecular complexity index is 1570. The number of nitrogens with zero attached hydrogens (tertiary/aromatic N) is 1. The summed E-state index contributed by atoms with van der Waals surface area (Å²) in [6, 6.07) is 19.3. The van der Waals surface area contributed by atoms with Crippen molar-refractivity contribution in [3.05, 3.63) is 110 Å². The molecule has 1 unspecified atom stereocenters. The molecule has 0 saturated carbocycles. The highest BCUT2D eigenvalue weighted by Gasteiger charge is 2.30. The van der Waals surface area contributed by atoms with Crippen LogP contribution >= 0.6 is 23.2 Å². The molecule has 0 bridgehead atoms. The average Bonchev–Trinajstić information content (AvgIpc) is 3.01. The predicted octanol–water partition coefficient (Wildman–Crippen LogP) is 8.87. The Kier molecular flexibility index (Phi) is 8.04. The van der Waals surface area contributed by atoms with Crippen LogP contribution < -0.4 is 0 Å². The predicted molar refractivity (Wildman–Crippen MR) is 165 cm³/mol. The third-order valence-corrected chi connectivity index (χ3v) is 8.01. The molecular formula is C34H33Cl2NO4. The summed E-state index contributed by atoms with van der Waals surface area (Å²) >= 11 is 13.0. The molecule has 212 valence electrons. The molecule has 1 amide bonds. The first-order valence-corrected chi connectivity index (χ1v) is 14.5. The Balaban J connectivity index is 1.53. The van der Waals surface area contributed by atoms with Crippen molar-refractivity contribution in [1.29, 1.82) is 0 Å². The number of aryl methyl sites for hydroxylation is 1. The first-order chi connectivity index (χ1) is 19.4. The van der Waals surface area contributed by atoms with Gasteiger partial charge in [-0.3, -0.25) is 0 Å². The molecule has 0 spiro atoms. The molecule has 1 saturated heterocycles. The minimum atomic E-state index is -0.935. The zero-order valence-corrected chi connectivity index (χ0v) is 25.1. The number of benzene rings is 3. The van der Waals surface area contributed by atoms with Gasteiger partial charge in [-0.25, -0.2) is 9.59 Å². The second-order valence-corrected chi connectivity index (χ2v) is 12.6. The van der Waals surface area contributed by atoms with Crippen LogP contribution in [-0.4, -0.2) is 40.8 Å². The SMILES string of the molecule is CC1CCc2cc(C(=O)O)ccc2C(c2ccc(C=C3CN(C(=O)OC(C)(C)C)C3)cc2)=C1c1ccc(Cl)cc1Cl. The summed E-state index contributed by atoms with van der Waals surface area (Å²) in [6.07, 6.45) is 3.43. The number of carboxylic acid groups (broad SMARTS) is 1. The minimum Gasteiger partial charge on any atom is -0.478 e. The Morgan fingerprint density at radius 1 is 0.976 bits per heavy atom. The fourth-order valence-electron chi connectivity index (χ4n) is 5.48. The van der Waals surface area contributed by atoms with Crippen molar-refractivity contribution in [3.63, 3.8) is 0 Å². The number of allylic oxidation sites excluding steroid dienone is 1. The summed E-state index contributed by atoms with van der Waals surface area (Å²) in [6.45, 7) is 8.89. The van der Waals surface area contributed by atoms with Crippen LogP contribution in [0.2, 0.25) is 10.0 Å². The van der Waals surface area contributed by atoms with Crippen molar-refractivity contribution in [3.8, 4) is 0 Å². The van der Waals surface area contributed by atoms with Crippen LogP contribution in [0.3, 0.4) is 0 Å². The summed E-state index contributed by atoms with van der Waals surface area (Å²) in [4.78, 5) is 25.7. The van der Waals surface area contributed by atoms with E-state index < -0.39 is 11.6 Å². The van der Waals surface area contributed by atoms with E-state index in [4.69, 9.17) is 27.9 Å². The summed E-state index contributed by atoms with van der Waals surface area (Å²) in [5.41, 5.74) is 8.11. The van der Waals surface area contributed by atoms with E-state index in [0.29, 0.717) is 23.1 Å². The van der Waals surface area contributed by atoms with Gasteiger partial charge in [-0.2, -0.15) is 0 Å². The van der Waals surface area contributed by atoms with E-state index in [1.54, 1.807) is 23.1 Å². The number of hydrogen-bond donors (Lipinski definition) is 1. The Hall–Kier alpha value is -3.54. The summed E-state index contributed by atoms with van der Waals surface area (Å²) in [7, 11) is 0. The smallest absolute Gasteiger partial charge is 0.410 e. The van der Waals surface area contributed by atoms with Crippen LogP contribution in [0.25, 0.3) is 17.2 Å². The third-order valence-electron chi connectivity index (χ3n) is 7.46. The molecule has 7 heteroatoms. The molecule has 5 nitrogen and oxygen atoms in total. The average molecular weight is 591 g/mol. The van der Waals surface area contributed by atoms with Gasteiger partial charge in [0.05, 0.1) is 5.56 Å². The zero-order valence-electron chi connectivity index (χ0n) is 23.6. The molecule has 0 aromatic heterocycles. The standard InChI is InChI=1S/C34H33Cl2NO4/c1-20-5-8-24-16-25(32(38)39)11-13-27(24)31(30(20)28-14-12-26(35)17-29(28)36)23-9-6-21(7-10-23)15-22-18-37(19-22)33(40)41-34(2,3)4/h6-7,9-17,20H,5,8,18-19H2,1-4H3,(H,38,39). The van der Waals surface area contributed by atoms with E-state index in [1.165, 1.54) is 0 Å². The number of fused-ring (bicyclic) bond motifs is 1. The van der Waals surface area contributed by atoms with E-state index >= 15 is 0 Å². The van der Waals surface area contributed by atoms with E-state index in [0.717, 1.165) is 57.4 Å². The van der Waals surface area contributed by atoms with Crippen molar-refractivity contribution in [2.24, 2.45) is 5.92 Å². The number of rotatable bonds is 4. The van der Waals surface area contributed by atoms with Crippen LogP contribution in [0.1, 0.15) is 72.3 Å². The quantitative estimate of drug-likeness (QED) is 0.330. The molecule has 2 aliphatic rings. The molecule has 1 aliphatic carbocycles. The monoisotopic (exact) mass is 589 g/mol. The van der Waals surface area contributed by atoms with Gasteiger partial charge in [0.15, 0.2) is 0 Å². The van der Waals surface area contributed by atoms with E-state index in [-0.39, 0.29) is 17.6 Å². The Labute approximate surface area is 251 Å². The first-order valence-electron chi connectivity index (χ1n) is 13.7. The Morgan fingerprint density at radius 3 is 2.29 bits per heavy atom. The number of carboxylic acids is 1. The zero-order chi connectivity index (χ0) is 29.5. The van der Waals surface area contributed by atoms with Gasteiger partial charge in [0, 0.05) is 23.1 Å². The van der Waals surface area contributed by atoms with Crippen LogP contribution in [0.5, 0.6) is 0 Å². The van der Waals surface area contributed by atoms with E-state index in [9.17, 15) is 14.7 Å². The van der Waals surface area contributed by atoms with Gasteiger partial charge in [0.1, 0.15) is 5.60 Å². The van der Waals surface area contributed by atoms with Gasteiger partial charge < -0.3 is 14.7 Å². The van der Waals surface area contributed by atoms with Gasteiger partial charge in [-0.15, -0.1) is 0 Å². The van der Waals surface area contributed by atoms with Gasteiger partial charge in [-0.05, 0) is 108 Å². The number of halogens is 2. The molecular weight excluding hydrogens is 557 g/mol. The lowest BCUT2D eigenvalue weighted by molar-refractivity contribution is 0.0216. The molecule has 1 fully saturated rings. The van der Waals surface area contributed by atoms with Gasteiger partial charge in [0.25, 0.3) is 0 Å². The summed E-state index contributed by atoms with van der Waals surface area (Å²) in [5, 5.41) is 10.8. The molecule has 3 aromatic carbocycles. The third kappa shape index (κ3) is 6.37. The largest absolute Gasteiger partial charge is 0.478 e. The lowest BCUT2D eigenvalue weighted by atomic mass is 9.83. The molecule has 3 aromatic rings. The van der Waals surface area contributed by atoms with Crippen molar-refractivity contribution in [1.82, 2.24) is 4.90 Å². The van der Waals surface area contributed by atoms with Crippen LogP contribution in [-0.2, 0) is 11.2 Å². The molecule has 1 heterocycles. The Morgan fingerprint density at radius 2 is 1.66 bits per heavy atom. The van der Waals surface area contributed by atoms with Gasteiger partial charge in [-0.1, -0.05) is 72.6 Å². The molecule has 0 radical (unpaired) electrons. The van der Waals surface area contributed by atoms with Crippen molar-refractivity contribution >= 4 is 52.5 Å². The lowest BCUT2D eigenvalue weighted by Crippen LogP contribution is -2.46. The van der Waals surface area contributed by atoms with Gasteiger partial charge in [0.2, 0.25) is 0 Å². The normalized spacial score (nSPS) is 17.0. The summed E-state index contributed by atoms with van der Waals surface area (Å²) < 4.78 is 5.46. The van der Waals surface area contributed by atoms with Crippen molar-refractivity contribution in [2.75, 3.05) is 13.1 Å². The highest BCUT2D eigenvalue weighted by atomic mass is 35.5. The number of hydrogen-bond acceptors (Lipinski definition) is 3. The molecule has 5 rings (SSSR count). The molecule has 1 N–H and O–H groups in total. The minimum absolute atomic E-state index is 0.167. The topological polar surface area (TPSA) is 66.8 Å². The number of carbonyl (C=O) groups is 2. The maximum atomic E-state index is 12.3.